The summed E-state index contributed by atoms with van der Waals surface area (Å²) in [6.07, 6.45) is 2.52. The van der Waals surface area contributed by atoms with E-state index in [0.29, 0.717) is 17.2 Å². The van der Waals surface area contributed by atoms with Gasteiger partial charge in [-0.1, -0.05) is 30.5 Å². The average Bonchev–Trinajstić information content (AvgIpc) is 2.76. The minimum Gasteiger partial charge on any atom is -0.506 e. The summed E-state index contributed by atoms with van der Waals surface area (Å²) in [6.45, 7) is 3.20. The van der Waals surface area contributed by atoms with E-state index < -0.39 is 12.1 Å². The first-order valence-electron chi connectivity index (χ1n) is 11.3. The highest BCUT2D eigenvalue weighted by Crippen LogP contribution is 2.55. The first-order chi connectivity index (χ1) is 15.6. The van der Waals surface area contributed by atoms with Crippen LogP contribution in [0, 0.1) is 12.8 Å². The lowest BCUT2D eigenvalue weighted by atomic mass is 9.53. The molecule has 8 heteroatoms. The number of carboxylic acid groups (broad SMARTS) is 1. The summed E-state index contributed by atoms with van der Waals surface area (Å²) in [5, 5.41) is 25.1. The molecule has 0 unspecified atom stereocenters. The number of benzene rings is 2. The van der Waals surface area contributed by atoms with E-state index in [1.165, 1.54) is 48.8 Å². The first-order valence-corrected chi connectivity index (χ1v) is 11.3. The smallest absolute Gasteiger partial charge is 0.490 e. The highest BCUT2D eigenvalue weighted by molar-refractivity contribution is 5.73. The van der Waals surface area contributed by atoms with Gasteiger partial charge in [-0.3, -0.25) is 0 Å². The van der Waals surface area contributed by atoms with E-state index in [0.717, 1.165) is 30.3 Å². The number of aromatic hydroxyl groups is 1. The van der Waals surface area contributed by atoms with Crippen molar-refractivity contribution in [1.82, 2.24) is 5.32 Å². The Hall–Kier alpha value is -2.74. The number of carboxylic acids is 1. The molecule has 1 heterocycles. The van der Waals surface area contributed by atoms with Crippen LogP contribution in [0.5, 0.6) is 5.75 Å². The normalized spacial score (nSPS) is 25.7. The van der Waals surface area contributed by atoms with E-state index in [4.69, 9.17) is 9.90 Å². The second kappa shape index (κ2) is 8.89. The second-order valence-corrected chi connectivity index (χ2v) is 9.34. The van der Waals surface area contributed by atoms with Crippen LogP contribution in [-0.4, -0.2) is 34.9 Å². The van der Waals surface area contributed by atoms with Crippen molar-refractivity contribution in [3.8, 4) is 5.75 Å². The molecule has 2 aromatic rings. The Morgan fingerprint density at radius 1 is 1.15 bits per heavy atom. The minimum absolute atomic E-state index is 0.293. The number of piperidine rings is 1. The Morgan fingerprint density at radius 2 is 1.85 bits per heavy atom. The van der Waals surface area contributed by atoms with E-state index in [9.17, 15) is 18.3 Å². The molecule has 0 amide bonds. The molecule has 0 aromatic heterocycles. The molecule has 33 heavy (non-hydrogen) atoms. The van der Waals surface area contributed by atoms with E-state index in [2.05, 4.69) is 54.0 Å². The fourth-order valence-corrected chi connectivity index (χ4v) is 5.86. The molecule has 4 N–H and O–H groups in total. The van der Waals surface area contributed by atoms with E-state index in [1.54, 1.807) is 0 Å². The fraction of sp³-hybridized carbons (Fsp3) is 0.480. The number of phenolic OH excluding ortho intramolecular Hbond substituents is 1. The number of aliphatic carboxylic acids is 1. The average molecular weight is 463 g/mol. The number of aryl methyl sites for hydroxylation is 1. The van der Waals surface area contributed by atoms with Crippen LogP contribution in [-0.2, 0) is 16.6 Å². The number of phenols is 1. The Kier molecular flexibility index (Phi) is 6.31. The highest BCUT2D eigenvalue weighted by atomic mass is 19.4. The van der Waals surface area contributed by atoms with E-state index >= 15 is 0 Å². The largest absolute Gasteiger partial charge is 0.506 e. The third-order valence-electron chi connectivity index (χ3n) is 7.33. The van der Waals surface area contributed by atoms with Crippen molar-refractivity contribution in [2.75, 3.05) is 11.9 Å². The van der Waals surface area contributed by atoms with Gasteiger partial charge in [0.1, 0.15) is 5.75 Å². The Bertz CT molecular complexity index is 1020. The number of hydrogen-bond donors (Lipinski definition) is 4. The van der Waals surface area contributed by atoms with Gasteiger partial charge in [-0.2, -0.15) is 13.2 Å². The number of fused-ring (bicyclic) bond motifs is 1. The monoisotopic (exact) mass is 462 g/mol. The number of halogens is 3. The van der Waals surface area contributed by atoms with Gasteiger partial charge < -0.3 is 20.8 Å². The molecule has 5 rings (SSSR count). The molecule has 2 fully saturated rings. The second-order valence-electron chi connectivity index (χ2n) is 9.34. The summed E-state index contributed by atoms with van der Waals surface area (Å²) >= 11 is 0. The maximum atomic E-state index is 10.8. The van der Waals surface area contributed by atoms with Crippen LogP contribution in [0.15, 0.2) is 36.4 Å². The van der Waals surface area contributed by atoms with Crippen LogP contribution in [0.3, 0.4) is 0 Å². The van der Waals surface area contributed by atoms with Crippen molar-refractivity contribution in [3.63, 3.8) is 0 Å². The van der Waals surface area contributed by atoms with Crippen molar-refractivity contribution in [2.45, 2.75) is 63.1 Å². The summed E-state index contributed by atoms with van der Waals surface area (Å²) in [7, 11) is 0. The summed E-state index contributed by atoms with van der Waals surface area (Å²) in [5.74, 6) is -1.62. The number of anilines is 2. The minimum atomic E-state index is -5.08. The summed E-state index contributed by atoms with van der Waals surface area (Å²) in [6, 6.07) is 13.2. The van der Waals surface area contributed by atoms with E-state index in [-0.39, 0.29) is 0 Å². The molecule has 3 atom stereocenters. The standard InChI is InChI=1S/C23H28N2O.C2HF3O2/c1-15-5-7-17(8-6-15)25-21-13-16-12-20-18-4-2-3-9-23(18,10-11-24-20)19(16)14-22(21)26;3-2(4,5)1(6)7/h5-8,13-14,18,20,24-26H,2-4,9-12H2,1H3;(H,6,7)/t18-,20+,23+;/m1./s1. The van der Waals surface area contributed by atoms with Gasteiger partial charge >= 0.3 is 12.1 Å². The number of alkyl halides is 3. The van der Waals surface area contributed by atoms with Crippen molar-refractivity contribution in [2.24, 2.45) is 5.92 Å². The number of carbonyl (C=O) groups is 1. The third-order valence-corrected chi connectivity index (χ3v) is 7.33. The zero-order valence-corrected chi connectivity index (χ0v) is 18.5. The molecule has 1 aliphatic heterocycles. The van der Waals surface area contributed by atoms with Gasteiger partial charge in [0.2, 0.25) is 0 Å². The van der Waals surface area contributed by atoms with Crippen LogP contribution < -0.4 is 10.6 Å². The lowest BCUT2D eigenvalue weighted by Gasteiger charge is -2.56. The van der Waals surface area contributed by atoms with Crippen LogP contribution in [0.4, 0.5) is 24.5 Å². The first kappa shape index (κ1) is 23.4. The Labute approximate surface area is 191 Å². The molecule has 2 aromatic carbocycles. The molecular weight excluding hydrogens is 433 g/mol. The van der Waals surface area contributed by atoms with Gasteiger partial charge in [0.15, 0.2) is 0 Å². The SMILES string of the molecule is Cc1ccc(Nc2cc3c(cc2O)[C@]24CCCC[C@@H]2[C@H](C3)NCC4)cc1.O=C(O)C(F)(F)F. The van der Waals surface area contributed by atoms with Crippen LogP contribution in [0.1, 0.15) is 48.8 Å². The van der Waals surface area contributed by atoms with Gasteiger partial charge in [-0.25, -0.2) is 4.79 Å². The van der Waals surface area contributed by atoms with Gasteiger partial charge in [-0.15, -0.1) is 0 Å². The third kappa shape index (κ3) is 4.67. The van der Waals surface area contributed by atoms with Gasteiger partial charge in [-0.05, 0) is 80.5 Å². The molecule has 1 saturated heterocycles. The summed E-state index contributed by atoms with van der Waals surface area (Å²) in [5.41, 5.74) is 6.25. The van der Waals surface area contributed by atoms with Crippen molar-refractivity contribution in [1.29, 1.82) is 0 Å². The van der Waals surface area contributed by atoms with Crippen molar-refractivity contribution in [3.05, 3.63) is 53.1 Å². The summed E-state index contributed by atoms with van der Waals surface area (Å²) in [4.78, 5) is 8.90. The molecule has 2 bridgehead atoms. The number of hydrogen-bond acceptors (Lipinski definition) is 4. The topological polar surface area (TPSA) is 81.6 Å². The van der Waals surface area contributed by atoms with Crippen molar-refractivity contribution < 1.29 is 28.2 Å². The lowest BCUT2D eigenvalue weighted by molar-refractivity contribution is -0.192. The highest BCUT2D eigenvalue weighted by Gasteiger charge is 2.51. The molecule has 5 nitrogen and oxygen atoms in total. The van der Waals surface area contributed by atoms with Gasteiger partial charge in [0.05, 0.1) is 5.69 Å². The Balaban J connectivity index is 0.000000325. The van der Waals surface area contributed by atoms with Crippen molar-refractivity contribution >= 4 is 17.3 Å². The fourth-order valence-electron chi connectivity index (χ4n) is 5.86. The molecule has 2 aliphatic carbocycles. The maximum absolute atomic E-state index is 10.8. The van der Waals surface area contributed by atoms with Gasteiger partial charge in [0.25, 0.3) is 0 Å². The predicted molar refractivity (Wildman–Crippen MR) is 120 cm³/mol. The van der Waals surface area contributed by atoms with Crippen LogP contribution in [0.2, 0.25) is 0 Å². The predicted octanol–water partition coefficient (Wildman–Crippen LogP) is 5.42. The van der Waals surface area contributed by atoms with Crippen LogP contribution in [0.25, 0.3) is 0 Å². The van der Waals surface area contributed by atoms with E-state index in [1.807, 2.05) is 0 Å². The molecule has 3 aliphatic rings. The molecular formula is C25H29F3N2O3. The summed E-state index contributed by atoms with van der Waals surface area (Å²) < 4.78 is 31.7. The zero-order valence-electron chi connectivity index (χ0n) is 18.5. The maximum Gasteiger partial charge on any atom is 0.490 e. The number of rotatable bonds is 2. The Morgan fingerprint density at radius 3 is 2.52 bits per heavy atom. The molecule has 1 saturated carbocycles. The lowest BCUT2D eigenvalue weighted by Crippen LogP contribution is -2.59. The molecule has 178 valence electrons. The quantitative estimate of drug-likeness (QED) is 0.448. The molecule has 0 spiro atoms. The van der Waals surface area contributed by atoms with Gasteiger partial charge in [0, 0.05) is 17.1 Å². The zero-order chi connectivity index (χ0) is 23.8. The van der Waals surface area contributed by atoms with Crippen LogP contribution >= 0.6 is 0 Å². The molecule has 0 radical (unpaired) electrons. The number of nitrogens with one attached hydrogen (secondary N) is 2.